The van der Waals surface area contributed by atoms with Gasteiger partial charge in [-0.1, -0.05) is 0 Å². The third kappa shape index (κ3) is 14.4. The van der Waals surface area contributed by atoms with Crippen LogP contribution in [0, 0.1) is 5.92 Å². The molecule has 1 aliphatic heterocycles. The first-order valence-corrected chi connectivity index (χ1v) is 17.3. The Hall–Kier alpha value is -5.73. The van der Waals surface area contributed by atoms with Crippen molar-refractivity contribution < 1.29 is 53.7 Å². The average molecular weight is 757 g/mol. The largest absolute Gasteiger partial charge is 0.481 e. The first-order valence-electron chi connectivity index (χ1n) is 16.3. The molecule has 2 aromatic carbocycles. The molecule has 20 heteroatoms. The number of aliphatic hydroxyl groups excluding tert-OH is 1. The van der Waals surface area contributed by atoms with Gasteiger partial charge >= 0.3 is 11.9 Å². The van der Waals surface area contributed by atoms with Crippen molar-refractivity contribution in [1.82, 2.24) is 15.5 Å². The summed E-state index contributed by atoms with van der Waals surface area (Å²) in [5.41, 5.74) is 7.15. The lowest BCUT2D eigenvalue weighted by Crippen LogP contribution is -2.40. The van der Waals surface area contributed by atoms with Gasteiger partial charge in [-0.3, -0.25) is 43.3 Å². The predicted octanol–water partition coefficient (Wildman–Crippen LogP) is 0.738. The van der Waals surface area contributed by atoms with Gasteiger partial charge in [-0.05, 0) is 67.8 Å². The molecule has 1 saturated heterocycles. The standard InChI is InChI=1S/C33H40N8O11S/c34-24(33(51)52)14-19(32(49)50)2-1-3-26(43)35-16-27(44)36-17-28(45)37-20-4-8-22(9-5-20)39-40-23-10-6-21(7-11-23)38-29(46)18-41-30(47)15-25(31(41)48)53-13-12-42/h4-11,19,24-25,42H,1-3,12-18,34H2,(H,35,43)(H,36,44)(H,37,45)(H,38,46)(H,49,50)(H,51,52)/b40-39+/t19?,24-,25?/m0/s1. The smallest absolute Gasteiger partial charge is 0.320 e. The molecule has 1 aliphatic rings. The molecule has 2 aromatic rings. The van der Waals surface area contributed by atoms with E-state index in [1.54, 1.807) is 48.5 Å². The topological polar surface area (TPSA) is 299 Å². The van der Waals surface area contributed by atoms with Gasteiger partial charge in [0.25, 0.3) is 0 Å². The summed E-state index contributed by atoms with van der Waals surface area (Å²) in [6.45, 7) is -1.33. The van der Waals surface area contributed by atoms with Crippen molar-refractivity contribution >= 4 is 81.9 Å². The summed E-state index contributed by atoms with van der Waals surface area (Å²) >= 11 is 1.17. The number of aliphatic hydroxyl groups is 1. The lowest BCUT2D eigenvalue weighted by molar-refractivity contribution is -0.144. The molecule has 2 unspecified atom stereocenters. The van der Waals surface area contributed by atoms with E-state index in [4.69, 9.17) is 15.9 Å². The van der Waals surface area contributed by atoms with Crippen molar-refractivity contribution in [2.75, 3.05) is 42.6 Å². The van der Waals surface area contributed by atoms with Gasteiger partial charge < -0.3 is 42.3 Å². The summed E-state index contributed by atoms with van der Waals surface area (Å²) in [5, 5.41) is 44.6. The van der Waals surface area contributed by atoms with Crippen LogP contribution in [0.1, 0.15) is 32.1 Å². The van der Waals surface area contributed by atoms with Gasteiger partial charge in [0.05, 0.1) is 42.2 Å². The Morgan fingerprint density at radius 2 is 1.36 bits per heavy atom. The number of hydrogen-bond donors (Lipinski definition) is 8. The third-order valence-electron chi connectivity index (χ3n) is 7.55. The fraction of sp³-hybridized carbons (Fsp3) is 0.394. The van der Waals surface area contributed by atoms with Crippen LogP contribution in [0.2, 0.25) is 0 Å². The van der Waals surface area contributed by atoms with E-state index in [1.165, 1.54) is 11.8 Å². The minimum Gasteiger partial charge on any atom is -0.481 e. The molecular formula is C33H40N8O11S. The first-order chi connectivity index (χ1) is 25.2. The van der Waals surface area contributed by atoms with Gasteiger partial charge in [-0.15, -0.1) is 11.8 Å². The maximum Gasteiger partial charge on any atom is 0.320 e. The first kappa shape index (κ1) is 41.7. The molecule has 9 N–H and O–H groups in total. The highest BCUT2D eigenvalue weighted by Gasteiger charge is 2.39. The van der Waals surface area contributed by atoms with Crippen LogP contribution in [-0.2, 0) is 38.4 Å². The Morgan fingerprint density at radius 3 is 1.91 bits per heavy atom. The fourth-order valence-corrected chi connectivity index (χ4v) is 5.72. The van der Waals surface area contributed by atoms with E-state index in [-0.39, 0.29) is 45.3 Å². The molecular weight excluding hydrogens is 716 g/mol. The number of amides is 6. The van der Waals surface area contributed by atoms with Crippen molar-refractivity contribution in [3.05, 3.63) is 48.5 Å². The van der Waals surface area contributed by atoms with Gasteiger partial charge in [0.1, 0.15) is 12.6 Å². The van der Waals surface area contributed by atoms with Crippen LogP contribution in [-0.4, -0.2) is 111 Å². The van der Waals surface area contributed by atoms with Gasteiger partial charge in [0.15, 0.2) is 0 Å². The number of hydrogen-bond acceptors (Lipinski definition) is 13. The minimum absolute atomic E-state index is 0.0131. The van der Waals surface area contributed by atoms with E-state index in [2.05, 4.69) is 31.5 Å². The molecule has 6 amide bonds. The number of benzene rings is 2. The van der Waals surface area contributed by atoms with E-state index >= 15 is 0 Å². The molecule has 0 saturated carbocycles. The normalized spacial score (nSPS) is 15.1. The molecule has 19 nitrogen and oxygen atoms in total. The highest BCUT2D eigenvalue weighted by Crippen LogP contribution is 2.25. The highest BCUT2D eigenvalue weighted by molar-refractivity contribution is 8.00. The van der Waals surface area contributed by atoms with Crippen molar-refractivity contribution in [2.45, 2.75) is 43.4 Å². The number of carbonyl (C=O) groups excluding carboxylic acids is 6. The molecule has 0 radical (unpaired) electrons. The highest BCUT2D eigenvalue weighted by atomic mass is 32.2. The zero-order valence-electron chi connectivity index (χ0n) is 28.4. The number of nitrogens with zero attached hydrogens (tertiary/aromatic N) is 3. The number of rotatable bonds is 21. The second-order valence-corrected chi connectivity index (χ2v) is 13.0. The Bertz CT molecular complexity index is 1690. The van der Waals surface area contributed by atoms with Crippen LogP contribution in [0.15, 0.2) is 58.8 Å². The summed E-state index contributed by atoms with van der Waals surface area (Å²) in [6, 6.07) is 11.3. The molecule has 3 atom stereocenters. The Kier molecular flexibility index (Phi) is 16.5. The van der Waals surface area contributed by atoms with Gasteiger partial charge in [-0.2, -0.15) is 10.2 Å². The van der Waals surface area contributed by atoms with Crippen LogP contribution in [0.5, 0.6) is 0 Å². The van der Waals surface area contributed by atoms with Crippen molar-refractivity contribution in [1.29, 1.82) is 0 Å². The number of likely N-dealkylation sites (tertiary alicyclic amines) is 1. The van der Waals surface area contributed by atoms with Crippen molar-refractivity contribution in [2.24, 2.45) is 21.9 Å². The Morgan fingerprint density at radius 1 is 0.811 bits per heavy atom. The number of nitrogens with one attached hydrogen (secondary N) is 4. The number of imide groups is 1. The number of carboxylic acid groups (broad SMARTS) is 2. The average Bonchev–Trinajstić information content (AvgIpc) is 3.39. The second-order valence-electron chi connectivity index (χ2n) is 11.7. The van der Waals surface area contributed by atoms with E-state index in [0.29, 0.717) is 28.5 Å². The van der Waals surface area contributed by atoms with Gasteiger partial charge in [-0.25, -0.2) is 0 Å². The summed E-state index contributed by atoms with van der Waals surface area (Å²) < 4.78 is 0. The lowest BCUT2D eigenvalue weighted by atomic mass is 9.94. The number of carboxylic acids is 2. The summed E-state index contributed by atoms with van der Waals surface area (Å²) in [4.78, 5) is 96.4. The quantitative estimate of drug-likeness (QED) is 0.0645. The zero-order valence-corrected chi connectivity index (χ0v) is 29.2. The summed E-state index contributed by atoms with van der Waals surface area (Å²) in [7, 11) is 0. The molecule has 53 heavy (non-hydrogen) atoms. The number of anilines is 2. The lowest BCUT2D eigenvalue weighted by Gasteiger charge is -2.14. The molecule has 0 bridgehead atoms. The number of azo groups is 1. The van der Waals surface area contributed by atoms with Gasteiger partial charge in [0.2, 0.25) is 35.4 Å². The number of nitrogens with two attached hydrogens (primary N) is 1. The fourth-order valence-electron chi connectivity index (χ4n) is 4.80. The van der Waals surface area contributed by atoms with Crippen LogP contribution in [0.25, 0.3) is 0 Å². The third-order valence-corrected chi connectivity index (χ3v) is 8.74. The molecule has 284 valence electrons. The van der Waals surface area contributed by atoms with Crippen LogP contribution < -0.4 is 27.0 Å². The monoisotopic (exact) mass is 756 g/mol. The van der Waals surface area contributed by atoms with E-state index < -0.39 is 77.7 Å². The molecule has 1 fully saturated rings. The van der Waals surface area contributed by atoms with E-state index in [9.17, 15) is 43.5 Å². The van der Waals surface area contributed by atoms with E-state index in [0.717, 1.165) is 4.90 Å². The number of carbonyl (C=O) groups is 8. The molecule has 0 aromatic heterocycles. The van der Waals surface area contributed by atoms with Crippen molar-refractivity contribution in [3.63, 3.8) is 0 Å². The molecule has 1 heterocycles. The summed E-state index contributed by atoms with van der Waals surface area (Å²) in [6.07, 6.45) is -0.216. The number of aliphatic carboxylic acids is 2. The van der Waals surface area contributed by atoms with Crippen molar-refractivity contribution in [3.8, 4) is 0 Å². The molecule has 0 spiro atoms. The van der Waals surface area contributed by atoms with Crippen LogP contribution in [0.4, 0.5) is 22.7 Å². The molecule has 0 aliphatic carbocycles. The van der Waals surface area contributed by atoms with E-state index in [1.807, 2.05) is 0 Å². The number of thioether (sulfide) groups is 1. The SMILES string of the molecule is N[C@@H](CC(CCCC(=O)NCC(=O)NCC(=O)Nc1ccc(/N=N/c2ccc(NC(=O)CN3C(=O)CC(SCCO)C3=O)cc2)cc1)C(=O)O)C(=O)O. The Balaban J connectivity index is 1.34. The Labute approximate surface area is 307 Å². The predicted molar refractivity (Wildman–Crippen MR) is 190 cm³/mol. The maximum absolute atomic E-state index is 12.4. The molecule has 3 rings (SSSR count). The van der Waals surface area contributed by atoms with Crippen LogP contribution in [0.3, 0.4) is 0 Å². The maximum atomic E-state index is 12.4. The zero-order chi connectivity index (χ0) is 38.9. The minimum atomic E-state index is -1.33. The van der Waals surface area contributed by atoms with Crippen LogP contribution >= 0.6 is 11.8 Å². The second kappa shape index (κ2) is 21.0. The van der Waals surface area contributed by atoms with Gasteiger partial charge in [0, 0.05) is 30.0 Å². The summed E-state index contributed by atoms with van der Waals surface area (Å²) in [5.74, 6) is -6.38.